The van der Waals surface area contributed by atoms with Crippen molar-refractivity contribution in [3.05, 3.63) is 106 Å². The summed E-state index contributed by atoms with van der Waals surface area (Å²) in [6.45, 7) is 3.49. The highest BCUT2D eigenvalue weighted by molar-refractivity contribution is 6.30. The van der Waals surface area contributed by atoms with Gasteiger partial charge in [0, 0.05) is 33.6 Å². The van der Waals surface area contributed by atoms with Crippen molar-refractivity contribution in [1.82, 2.24) is 4.98 Å². The Morgan fingerprint density at radius 1 is 1.00 bits per heavy atom. The first-order valence-corrected chi connectivity index (χ1v) is 10.2. The lowest BCUT2D eigenvalue weighted by Crippen LogP contribution is -2.33. The predicted octanol–water partition coefficient (Wildman–Crippen LogP) is 6.33. The van der Waals surface area contributed by atoms with Gasteiger partial charge in [-0.1, -0.05) is 41.4 Å². The van der Waals surface area contributed by atoms with Crippen LogP contribution in [-0.4, -0.2) is 20.8 Å². The molecule has 2 N–H and O–H groups in total. The number of rotatable bonds is 7. The van der Waals surface area contributed by atoms with Crippen molar-refractivity contribution in [3.8, 4) is 5.75 Å². The van der Waals surface area contributed by atoms with E-state index in [1.54, 1.807) is 74.8 Å². The molecule has 0 saturated carbocycles. The summed E-state index contributed by atoms with van der Waals surface area (Å²) in [4.78, 5) is 4.08. The van der Waals surface area contributed by atoms with E-state index in [1.165, 1.54) is 0 Å². The molecule has 0 amide bonds. The van der Waals surface area contributed by atoms with E-state index in [0.717, 1.165) is 5.56 Å². The second-order valence-electron chi connectivity index (χ2n) is 7.43. The molecule has 0 fully saturated rings. The third-order valence-corrected chi connectivity index (χ3v) is 5.20. The first kappa shape index (κ1) is 22.2. The molecule has 6 heteroatoms. The van der Waals surface area contributed by atoms with Crippen LogP contribution in [-0.2, 0) is 6.42 Å². The Morgan fingerprint density at radius 2 is 1.60 bits per heavy atom. The first-order chi connectivity index (χ1) is 14.3. The van der Waals surface area contributed by atoms with E-state index in [2.05, 4.69) is 4.98 Å². The van der Waals surface area contributed by atoms with Gasteiger partial charge in [-0.05, 0) is 68.3 Å². The normalized spacial score (nSPS) is 13.5. The average Bonchev–Trinajstić information content (AvgIpc) is 2.74. The number of aliphatic hydroxyl groups excluding tert-OH is 2. The van der Waals surface area contributed by atoms with Gasteiger partial charge in [-0.15, -0.1) is 0 Å². The van der Waals surface area contributed by atoms with Gasteiger partial charge in [0.2, 0.25) is 0 Å². The smallest absolute Gasteiger partial charge is 0.160 e. The lowest BCUT2D eigenvalue weighted by molar-refractivity contribution is 0.0864. The summed E-state index contributed by atoms with van der Waals surface area (Å²) in [6.07, 6.45) is 2.47. The van der Waals surface area contributed by atoms with Gasteiger partial charge in [0.1, 0.15) is 17.6 Å². The van der Waals surface area contributed by atoms with Gasteiger partial charge in [0.05, 0.1) is 0 Å². The van der Waals surface area contributed by atoms with Gasteiger partial charge in [-0.3, -0.25) is 4.98 Å². The molecule has 30 heavy (non-hydrogen) atoms. The molecule has 156 valence electrons. The summed E-state index contributed by atoms with van der Waals surface area (Å²) in [6, 6.07) is 17.7. The Kier molecular flexibility index (Phi) is 7.03. The van der Waals surface area contributed by atoms with Crippen molar-refractivity contribution >= 4 is 23.2 Å². The Balaban J connectivity index is 1.99. The number of ether oxygens (including phenoxy) is 1. The van der Waals surface area contributed by atoms with Crippen molar-refractivity contribution in [2.24, 2.45) is 0 Å². The van der Waals surface area contributed by atoms with Crippen LogP contribution in [0.4, 0.5) is 0 Å². The maximum Gasteiger partial charge on any atom is 0.160 e. The standard InChI is InChI=1S/C24H23Cl2NO3/c1-24(2,30-20-11-9-19(26)10-12-20)23(29)21(14-16-5-7-18(25)8-6-16)22(28)17-4-3-13-27-15-17/h3-13,15,22,28-29H,14H2,1-2H3/b23-21+. The van der Waals surface area contributed by atoms with Crippen LogP contribution in [0.15, 0.2) is 84.4 Å². The zero-order valence-electron chi connectivity index (χ0n) is 16.7. The first-order valence-electron chi connectivity index (χ1n) is 9.46. The lowest BCUT2D eigenvalue weighted by Gasteiger charge is -2.29. The third kappa shape index (κ3) is 5.54. The number of pyridine rings is 1. The van der Waals surface area contributed by atoms with Crippen LogP contribution in [0.2, 0.25) is 10.0 Å². The van der Waals surface area contributed by atoms with Crippen molar-refractivity contribution in [2.45, 2.75) is 32.0 Å². The topological polar surface area (TPSA) is 62.6 Å². The van der Waals surface area contributed by atoms with Crippen LogP contribution in [0.5, 0.6) is 5.75 Å². The number of halogens is 2. The van der Waals surface area contributed by atoms with Crippen LogP contribution >= 0.6 is 23.2 Å². The number of hydrogen-bond donors (Lipinski definition) is 2. The molecule has 0 bridgehead atoms. The second-order valence-corrected chi connectivity index (χ2v) is 8.31. The monoisotopic (exact) mass is 443 g/mol. The van der Waals surface area contributed by atoms with Gasteiger partial charge < -0.3 is 14.9 Å². The minimum Gasteiger partial charge on any atom is -0.508 e. The predicted molar refractivity (Wildman–Crippen MR) is 120 cm³/mol. The fraction of sp³-hybridized carbons (Fsp3) is 0.208. The minimum atomic E-state index is -1.10. The quantitative estimate of drug-likeness (QED) is 0.418. The maximum absolute atomic E-state index is 11.2. The van der Waals surface area contributed by atoms with Gasteiger partial charge in [0.15, 0.2) is 5.60 Å². The maximum atomic E-state index is 11.2. The molecule has 0 aliphatic carbocycles. The second kappa shape index (κ2) is 9.52. The van der Waals surface area contributed by atoms with Gasteiger partial charge >= 0.3 is 0 Å². The zero-order valence-corrected chi connectivity index (χ0v) is 18.2. The molecule has 0 aliphatic heterocycles. The molecule has 3 rings (SSSR count). The molecule has 4 nitrogen and oxygen atoms in total. The fourth-order valence-corrected chi connectivity index (χ4v) is 3.36. The number of aliphatic hydroxyl groups is 2. The molecular formula is C24H23Cl2NO3. The fourth-order valence-electron chi connectivity index (χ4n) is 3.10. The summed E-state index contributed by atoms with van der Waals surface area (Å²) in [5.41, 5.74) is 0.796. The molecular weight excluding hydrogens is 421 g/mol. The molecule has 2 aromatic carbocycles. The highest BCUT2D eigenvalue weighted by Gasteiger charge is 2.31. The summed E-state index contributed by atoms with van der Waals surface area (Å²) < 4.78 is 6.03. The summed E-state index contributed by atoms with van der Waals surface area (Å²) in [5.74, 6) is 0.501. The van der Waals surface area contributed by atoms with E-state index in [4.69, 9.17) is 27.9 Å². The van der Waals surface area contributed by atoms with Gasteiger partial charge in [-0.2, -0.15) is 0 Å². The Labute approximate surface area is 186 Å². The Bertz CT molecular complexity index is 1000. The van der Waals surface area contributed by atoms with E-state index < -0.39 is 11.7 Å². The van der Waals surface area contributed by atoms with E-state index in [-0.39, 0.29) is 5.76 Å². The van der Waals surface area contributed by atoms with Crippen molar-refractivity contribution in [1.29, 1.82) is 0 Å². The number of aromatic nitrogens is 1. The minimum absolute atomic E-state index is 0.0521. The molecule has 0 spiro atoms. The lowest BCUT2D eigenvalue weighted by atomic mass is 9.90. The third-order valence-electron chi connectivity index (χ3n) is 4.70. The zero-order chi connectivity index (χ0) is 21.7. The van der Waals surface area contributed by atoms with Crippen LogP contribution in [0.25, 0.3) is 0 Å². The van der Waals surface area contributed by atoms with Crippen LogP contribution in [0.1, 0.15) is 31.1 Å². The molecule has 1 heterocycles. The molecule has 0 saturated heterocycles. The van der Waals surface area contributed by atoms with Gasteiger partial charge in [0.25, 0.3) is 0 Å². The Hall–Kier alpha value is -2.53. The van der Waals surface area contributed by atoms with Crippen LogP contribution in [0, 0.1) is 0 Å². The molecule has 0 aliphatic rings. The van der Waals surface area contributed by atoms with E-state index in [0.29, 0.717) is 33.4 Å². The SMILES string of the molecule is CC(C)(Oc1ccc(Cl)cc1)/C(O)=C(/Cc1ccc(Cl)cc1)C(O)c1cccnc1. The highest BCUT2D eigenvalue weighted by atomic mass is 35.5. The summed E-state index contributed by atoms with van der Waals surface area (Å²) >= 11 is 11.9. The molecule has 3 aromatic rings. The highest BCUT2D eigenvalue weighted by Crippen LogP contribution is 2.33. The van der Waals surface area contributed by atoms with E-state index >= 15 is 0 Å². The molecule has 0 radical (unpaired) electrons. The average molecular weight is 444 g/mol. The van der Waals surface area contributed by atoms with Crippen molar-refractivity contribution in [2.75, 3.05) is 0 Å². The van der Waals surface area contributed by atoms with E-state index in [9.17, 15) is 10.2 Å². The number of hydrogen-bond acceptors (Lipinski definition) is 4. The largest absolute Gasteiger partial charge is 0.508 e. The molecule has 1 atom stereocenters. The number of nitrogens with zero attached hydrogens (tertiary/aromatic N) is 1. The summed E-state index contributed by atoms with van der Waals surface area (Å²) in [7, 11) is 0. The summed E-state index contributed by atoms with van der Waals surface area (Å²) in [5, 5.41) is 23.5. The van der Waals surface area contributed by atoms with Gasteiger partial charge in [-0.25, -0.2) is 0 Å². The molecule has 1 aromatic heterocycles. The van der Waals surface area contributed by atoms with Crippen molar-refractivity contribution in [3.63, 3.8) is 0 Å². The van der Waals surface area contributed by atoms with Crippen molar-refractivity contribution < 1.29 is 14.9 Å². The molecule has 1 unspecified atom stereocenters. The van der Waals surface area contributed by atoms with Crippen LogP contribution in [0.3, 0.4) is 0 Å². The van der Waals surface area contributed by atoms with E-state index in [1.807, 2.05) is 12.1 Å². The number of benzene rings is 2. The Morgan fingerprint density at radius 3 is 2.17 bits per heavy atom. The van der Waals surface area contributed by atoms with Crippen LogP contribution < -0.4 is 4.74 Å².